The van der Waals surface area contributed by atoms with E-state index < -0.39 is 0 Å². The SMILES string of the molecule is O=C(I)CCc1nc2ccccc2[nH]1. The number of para-hydroxylation sites is 2. The molecular weight excluding hydrogens is 291 g/mol. The van der Waals surface area contributed by atoms with Crippen molar-refractivity contribution >= 4 is 37.4 Å². The van der Waals surface area contributed by atoms with Crippen LogP contribution in [0, 0.1) is 0 Å². The average molecular weight is 300 g/mol. The molecule has 0 saturated heterocycles. The second-order valence-corrected chi connectivity index (χ2v) is 4.26. The van der Waals surface area contributed by atoms with Gasteiger partial charge in [0.2, 0.25) is 0 Å². The molecule has 72 valence electrons. The second kappa shape index (κ2) is 4.08. The second-order valence-electron chi connectivity index (χ2n) is 3.06. The lowest BCUT2D eigenvalue weighted by Gasteiger charge is -1.89. The number of halogens is 1. The fourth-order valence-electron chi connectivity index (χ4n) is 1.34. The minimum atomic E-state index is 0.169. The number of carbonyl (C=O) groups is 1. The Hall–Kier alpha value is -0.910. The number of H-pyrrole nitrogens is 1. The van der Waals surface area contributed by atoms with Crippen LogP contribution in [0.4, 0.5) is 0 Å². The maximum Gasteiger partial charge on any atom is 0.192 e. The maximum atomic E-state index is 10.8. The Balaban J connectivity index is 2.22. The molecule has 0 spiro atoms. The molecule has 0 unspecified atom stereocenters. The molecule has 1 aromatic heterocycles. The molecule has 4 heteroatoms. The number of rotatable bonds is 3. The van der Waals surface area contributed by atoms with Crippen LogP contribution in [0.5, 0.6) is 0 Å². The quantitative estimate of drug-likeness (QED) is 0.699. The molecule has 0 aliphatic carbocycles. The van der Waals surface area contributed by atoms with Crippen molar-refractivity contribution in [3.63, 3.8) is 0 Å². The molecular formula is C10H9IN2O. The van der Waals surface area contributed by atoms with Gasteiger partial charge < -0.3 is 4.98 Å². The van der Waals surface area contributed by atoms with Gasteiger partial charge in [-0.1, -0.05) is 12.1 Å². The zero-order chi connectivity index (χ0) is 9.97. The molecule has 0 fully saturated rings. The highest BCUT2D eigenvalue weighted by Crippen LogP contribution is 2.11. The first kappa shape index (κ1) is 9.64. The Morgan fingerprint density at radius 2 is 2.21 bits per heavy atom. The van der Waals surface area contributed by atoms with Gasteiger partial charge in [0.15, 0.2) is 3.79 Å². The van der Waals surface area contributed by atoms with Crippen molar-refractivity contribution in [1.82, 2.24) is 9.97 Å². The summed E-state index contributed by atoms with van der Waals surface area (Å²) in [4.78, 5) is 18.3. The molecule has 2 aromatic rings. The predicted molar refractivity (Wildman–Crippen MR) is 63.4 cm³/mol. The number of aromatic nitrogens is 2. The number of carbonyl (C=O) groups excluding carboxylic acids is 1. The summed E-state index contributed by atoms with van der Waals surface area (Å²) in [6.07, 6.45) is 1.23. The number of fused-ring (bicyclic) bond motifs is 1. The predicted octanol–water partition coefficient (Wildman–Crippen LogP) is 2.46. The Morgan fingerprint density at radius 3 is 2.93 bits per heavy atom. The number of aromatic amines is 1. The zero-order valence-corrected chi connectivity index (χ0v) is 9.61. The Kier molecular flexibility index (Phi) is 2.81. The third-order valence-electron chi connectivity index (χ3n) is 2.00. The standard InChI is InChI=1S/C10H9IN2O/c11-9(14)5-6-10-12-7-3-1-2-4-8(7)13-10/h1-4H,5-6H2,(H,12,13). The van der Waals surface area contributed by atoms with Gasteiger partial charge in [-0.3, -0.25) is 4.79 Å². The zero-order valence-electron chi connectivity index (χ0n) is 7.46. The average Bonchev–Trinajstić information content (AvgIpc) is 2.57. The van der Waals surface area contributed by atoms with E-state index in [0.717, 1.165) is 16.9 Å². The smallest absolute Gasteiger partial charge is 0.192 e. The first-order valence-electron chi connectivity index (χ1n) is 4.37. The lowest BCUT2D eigenvalue weighted by Crippen LogP contribution is -1.92. The summed E-state index contributed by atoms with van der Waals surface area (Å²) >= 11 is 1.81. The summed E-state index contributed by atoms with van der Waals surface area (Å²) in [5.41, 5.74) is 1.99. The molecule has 2 rings (SSSR count). The maximum absolute atomic E-state index is 10.8. The molecule has 1 aromatic carbocycles. The summed E-state index contributed by atoms with van der Waals surface area (Å²) in [5, 5.41) is 0. The molecule has 0 aliphatic rings. The van der Waals surface area contributed by atoms with Gasteiger partial charge in [0.05, 0.1) is 11.0 Å². The van der Waals surface area contributed by atoms with Crippen molar-refractivity contribution in [2.75, 3.05) is 0 Å². The minimum absolute atomic E-state index is 0.169. The van der Waals surface area contributed by atoms with Crippen LogP contribution < -0.4 is 0 Å². The van der Waals surface area contributed by atoms with Crippen molar-refractivity contribution in [1.29, 1.82) is 0 Å². The van der Waals surface area contributed by atoms with Crippen molar-refractivity contribution in [3.8, 4) is 0 Å². The first-order chi connectivity index (χ1) is 6.75. The van der Waals surface area contributed by atoms with E-state index in [1.807, 2.05) is 46.9 Å². The third kappa shape index (κ3) is 2.12. The Bertz CT molecular complexity index is 431. The van der Waals surface area contributed by atoms with Gasteiger partial charge in [0, 0.05) is 12.8 Å². The van der Waals surface area contributed by atoms with Crippen LogP contribution in [0.25, 0.3) is 11.0 Å². The highest BCUT2D eigenvalue weighted by Gasteiger charge is 2.03. The molecule has 0 saturated carbocycles. The van der Waals surface area contributed by atoms with Crippen LogP contribution in [-0.4, -0.2) is 13.8 Å². The molecule has 0 aliphatic heterocycles. The van der Waals surface area contributed by atoms with Crippen LogP contribution in [0.15, 0.2) is 24.3 Å². The normalized spacial score (nSPS) is 10.6. The lowest BCUT2D eigenvalue weighted by molar-refractivity contribution is -0.109. The van der Waals surface area contributed by atoms with Crippen molar-refractivity contribution in [3.05, 3.63) is 30.1 Å². The van der Waals surface area contributed by atoms with Gasteiger partial charge >= 0.3 is 0 Å². The highest BCUT2D eigenvalue weighted by molar-refractivity contribution is 14.1. The molecule has 0 amide bonds. The molecule has 0 bridgehead atoms. The van der Waals surface area contributed by atoms with Gasteiger partial charge in [-0.15, -0.1) is 0 Å². The molecule has 0 radical (unpaired) electrons. The first-order valence-corrected chi connectivity index (χ1v) is 5.45. The number of imidazole rings is 1. The van der Waals surface area contributed by atoms with E-state index in [1.54, 1.807) is 0 Å². The minimum Gasteiger partial charge on any atom is -0.342 e. The summed E-state index contributed by atoms with van der Waals surface area (Å²) in [6, 6.07) is 7.86. The van der Waals surface area contributed by atoms with E-state index in [-0.39, 0.29) is 3.79 Å². The molecule has 1 N–H and O–H groups in total. The molecule has 0 atom stereocenters. The fourth-order valence-corrected chi connectivity index (χ4v) is 1.61. The van der Waals surface area contributed by atoms with Gasteiger partial charge in [-0.25, -0.2) is 4.98 Å². The summed E-state index contributed by atoms with van der Waals surface area (Å²) in [6.45, 7) is 0. The van der Waals surface area contributed by atoms with Gasteiger partial charge in [0.25, 0.3) is 0 Å². The number of hydrogen-bond donors (Lipinski definition) is 1. The van der Waals surface area contributed by atoms with Crippen LogP contribution in [-0.2, 0) is 11.2 Å². The van der Waals surface area contributed by atoms with E-state index >= 15 is 0 Å². The van der Waals surface area contributed by atoms with Crippen LogP contribution in [0.1, 0.15) is 12.2 Å². The van der Waals surface area contributed by atoms with Gasteiger partial charge in [-0.2, -0.15) is 0 Å². The number of nitrogens with zero attached hydrogens (tertiary/aromatic N) is 1. The van der Waals surface area contributed by atoms with E-state index in [9.17, 15) is 4.79 Å². The topological polar surface area (TPSA) is 45.8 Å². The van der Waals surface area contributed by atoms with Crippen molar-refractivity contribution in [2.24, 2.45) is 0 Å². The van der Waals surface area contributed by atoms with Crippen molar-refractivity contribution in [2.45, 2.75) is 12.8 Å². The van der Waals surface area contributed by atoms with Gasteiger partial charge in [0.1, 0.15) is 5.82 Å². The summed E-state index contributed by atoms with van der Waals surface area (Å²) in [7, 11) is 0. The van der Waals surface area contributed by atoms with Gasteiger partial charge in [-0.05, 0) is 34.7 Å². The van der Waals surface area contributed by atoms with Crippen LogP contribution >= 0.6 is 22.6 Å². The molecule has 3 nitrogen and oxygen atoms in total. The number of aryl methyl sites for hydroxylation is 1. The van der Waals surface area contributed by atoms with Crippen molar-refractivity contribution < 1.29 is 4.79 Å². The fraction of sp³-hybridized carbons (Fsp3) is 0.200. The Morgan fingerprint density at radius 1 is 1.43 bits per heavy atom. The summed E-state index contributed by atoms with van der Waals surface area (Å²) < 4.78 is 0.169. The Labute approximate surface area is 95.1 Å². The van der Waals surface area contributed by atoms with Crippen LogP contribution in [0.2, 0.25) is 0 Å². The van der Waals surface area contributed by atoms with E-state index in [1.165, 1.54) is 0 Å². The van der Waals surface area contributed by atoms with E-state index in [0.29, 0.717) is 12.8 Å². The lowest BCUT2D eigenvalue weighted by atomic mass is 10.3. The van der Waals surface area contributed by atoms with E-state index in [2.05, 4.69) is 9.97 Å². The molecule has 1 heterocycles. The number of nitrogens with one attached hydrogen (secondary N) is 1. The van der Waals surface area contributed by atoms with E-state index in [4.69, 9.17) is 0 Å². The highest BCUT2D eigenvalue weighted by atomic mass is 127. The van der Waals surface area contributed by atoms with Crippen LogP contribution in [0.3, 0.4) is 0 Å². The summed E-state index contributed by atoms with van der Waals surface area (Å²) in [5.74, 6) is 0.885. The third-order valence-corrected chi connectivity index (χ3v) is 2.54. The number of benzene rings is 1. The monoisotopic (exact) mass is 300 g/mol. The number of hydrogen-bond acceptors (Lipinski definition) is 2. The molecule has 14 heavy (non-hydrogen) atoms. The largest absolute Gasteiger partial charge is 0.342 e.